The molecule has 1 amide bonds. The lowest BCUT2D eigenvalue weighted by atomic mass is 10.1. The number of anilines is 1. The summed E-state index contributed by atoms with van der Waals surface area (Å²) in [5.74, 6) is 0.964. The summed E-state index contributed by atoms with van der Waals surface area (Å²) in [7, 11) is 1.51. The van der Waals surface area contributed by atoms with Crippen molar-refractivity contribution in [1.82, 2.24) is 4.98 Å². The van der Waals surface area contributed by atoms with Gasteiger partial charge in [-0.05, 0) is 23.8 Å². The Morgan fingerprint density at radius 2 is 2.39 bits per heavy atom. The van der Waals surface area contributed by atoms with E-state index < -0.39 is 5.91 Å². The predicted octanol–water partition coefficient (Wildman–Crippen LogP) is 2.43. The lowest BCUT2D eigenvalue weighted by molar-refractivity contribution is -0.112. The molecule has 8 heteroatoms. The van der Waals surface area contributed by atoms with Gasteiger partial charge >= 0.3 is 0 Å². The van der Waals surface area contributed by atoms with E-state index in [1.807, 2.05) is 6.07 Å². The van der Waals surface area contributed by atoms with Crippen LogP contribution >= 0.6 is 11.3 Å². The normalized spacial score (nSPS) is 12.6. The van der Waals surface area contributed by atoms with Crippen LogP contribution in [0, 0.1) is 11.3 Å². The number of nitriles is 1. The number of carbonyl (C=O) groups is 1. The van der Waals surface area contributed by atoms with Gasteiger partial charge in [-0.1, -0.05) is 0 Å². The smallest absolute Gasteiger partial charge is 0.268 e. The van der Waals surface area contributed by atoms with Gasteiger partial charge in [0.2, 0.25) is 12.5 Å². The second kappa shape index (κ2) is 6.37. The van der Waals surface area contributed by atoms with Gasteiger partial charge in [0.25, 0.3) is 5.91 Å². The number of aromatic nitrogens is 1. The van der Waals surface area contributed by atoms with Gasteiger partial charge in [-0.15, -0.1) is 11.3 Å². The third kappa shape index (κ3) is 3.09. The van der Waals surface area contributed by atoms with E-state index in [1.54, 1.807) is 23.7 Å². The molecule has 1 aromatic carbocycles. The first-order chi connectivity index (χ1) is 11.2. The van der Waals surface area contributed by atoms with Crippen LogP contribution in [-0.2, 0) is 4.79 Å². The standard InChI is InChI=1S/C15H11N3O4S/c1-20-11-5-9(6-12-13(11)22-8-21-12)4-10(7-16)14(19)18-15-17-2-3-23-15/h2-6H,8H2,1H3,(H,17,18,19)/b10-4+. The van der Waals surface area contributed by atoms with Crippen LogP contribution in [0.2, 0.25) is 0 Å². The molecule has 0 unspecified atom stereocenters. The summed E-state index contributed by atoms with van der Waals surface area (Å²) in [5.41, 5.74) is 0.540. The molecule has 0 atom stereocenters. The van der Waals surface area contributed by atoms with Gasteiger partial charge in [0.05, 0.1) is 7.11 Å². The largest absolute Gasteiger partial charge is 0.493 e. The number of rotatable bonds is 4. The minimum absolute atomic E-state index is 0.0545. The van der Waals surface area contributed by atoms with E-state index in [0.29, 0.717) is 27.9 Å². The van der Waals surface area contributed by atoms with Gasteiger partial charge in [-0.25, -0.2) is 4.98 Å². The number of hydrogen-bond donors (Lipinski definition) is 1. The van der Waals surface area contributed by atoms with E-state index in [0.717, 1.165) is 0 Å². The molecule has 2 aromatic rings. The van der Waals surface area contributed by atoms with Crippen LogP contribution in [0.15, 0.2) is 29.3 Å². The van der Waals surface area contributed by atoms with Crippen LogP contribution in [-0.4, -0.2) is 24.8 Å². The third-order valence-corrected chi connectivity index (χ3v) is 3.70. The quantitative estimate of drug-likeness (QED) is 0.684. The van der Waals surface area contributed by atoms with E-state index in [9.17, 15) is 10.1 Å². The van der Waals surface area contributed by atoms with E-state index in [-0.39, 0.29) is 12.4 Å². The molecule has 23 heavy (non-hydrogen) atoms. The average molecular weight is 329 g/mol. The summed E-state index contributed by atoms with van der Waals surface area (Å²) in [6.07, 6.45) is 3.02. The van der Waals surface area contributed by atoms with Crippen molar-refractivity contribution in [2.75, 3.05) is 19.2 Å². The van der Waals surface area contributed by atoms with Crippen LogP contribution < -0.4 is 19.5 Å². The SMILES string of the molecule is COc1cc(/C=C(\C#N)C(=O)Nc2nccs2)cc2c1OCO2. The third-order valence-electron chi connectivity index (χ3n) is 3.01. The molecule has 0 saturated heterocycles. The maximum absolute atomic E-state index is 12.1. The number of benzene rings is 1. The number of thiazole rings is 1. The Hall–Kier alpha value is -3.05. The van der Waals surface area contributed by atoms with Gasteiger partial charge in [-0.3, -0.25) is 10.1 Å². The molecule has 0 radical (unpaired) electrons. The molecule has 0 saturated carbocycles. The Balaban J connectivity index is 1.89. The molecule has 116 valence electrons. The summed E-state index contributed by atoms with van der Waals surface area (Å²) in [4.78, 5) is 16.1. The molecule has 0 fully saturated rings. The van der Waals surface area contributed by atoms with Crippen molar-refractivity contribution in [3.05, 3.63) is 34.8 Å². The number of nitrogens with zero attached hydrogens (tertiary/aromatic N) is 2. The zero-order valence-electron chi connectivity index (χ0n) is 12.0. The monoisotopic (exact) mass is 329 g/mol. The Morgan fingerprint density at radius 3 is 3.09 bits per heavy atom. The fraction of sp³-hybridized carbons (Fsp3) is 0.133. The Bertz CT molecular complexity index is 809. The summed E-state index contributed by atoms with van der Waals surface area (Å²) >= 11 is 1.27. The minimum atomic E-state index is -0.529. The van der Waals surface area contributed by atoms with Crippen molar-refractivity contribution < 1.29 is 19.0 Å². The average Bonchev–Trinajstić information content (AvgIpc) is 3.22. The first-order valence-electron chi connectivity index (χ1n) is 6.51. The molecule has 0 bridgehead atoms. The van der Waals surface area contributed by atoms with Gasteiger partial charge in [0.15, 0.2) is 16.6 Å². The van der Waals surface area contributed by atoms with E-state index in [4.69, 9.17) is 14.2 Å². The molecule has 0 spiro atoms. The lowest BCUT2D eigenvalue weighted by Gasteiger charge is -2.06. The number of amides is 1. The van der Waals surface area contributed by atoms with Crippen molar-refractivity contribution in [2.45, 2.75) is 0 Å². The highest BCUT2D eigenvalue weighted by Gasteiger charge is 2.20. The van der Waals surface area contributed by atoms with Crippen molar-refractivity contribution >= 4 is 28.5 Å². The lowest BCUT2D eigenvalue weighted by Crippen LogP contribution is -2.13. The topological polar surface area (TPSA) is 93.5 Å². The van der Waals surface area contributed by atoms with Gasteiger partial charge in [0.1, 0.15) is 11.6 Å². The highest BCUT2D eigenvalue weighted by Crippen LogP contribution is 2.42. The summed E-state index contributed by atoms with van der Waals surface area (Å²) < 4.78 is 15.9. The maximum atomic E-state index is 12.1. The maximum Gasteiger partial charge on any atom is 0.268 e. The molecule has 1 aliphatic heterocycles. The molecular formula is C15H11N3O4S. The molecule has 0 aliphatic carbocycles. The number of ether oxygens (including phenoxy) is 3. The molecule has 1 N–H and O–H groups in total. The minimum Gasteiger partial charge on any atom is -0.493 e. The zero-order valence-corrected chi connectivity index (χ0v) is 12.8. The second-order valence-electron chi connectivity index (χ2n) is 4.42. The highest BCUT2D eigenvalue weighted by molar-refractivity contribution is 7.13. The first kappa shape index (κ1) is 14.9. The number of fused-ring (bicyclic) bond motifs is 1. The molecular weight excluding hydrogens is 318 g/mol. The number of hydrogen-bond acceptors (Lipinski definition) is 7. The zero-order chi connectivity index (χ0) is 16.2. The fourth-order valence-electron chi connectivity index (χ4n) is 2.00. The molecule has 1 aromatic heterocycles. The second-order valence-corrected chi connectivity index (χ2v) is 5.31. The van der Waals surface area contributed by atoms with Gasteiger partial charge in [-0.2, -0.15) is 5.26 Å². The summed E-state index contributed by atoms with van der Waals surface area (Å²) in [6, 6.07) is 5.23. The van der Waals surface area contributed by atoms with E-state index in [2.05, 4.69) is 10.3 Å². The van der Waals surface area contributed by atoms with E-state index in [1.165, 1.54) is 24.5 Å². The van der Waals surface area contributed by atoms with Crippen molar-refractivity contribution in [2.24, 2.45) is 0 Å². The fourth-order valence-corrected chi connectivity index (χ4v) is 2.52. The van der Waals surface area contributed by atoms with Crippen LogP contribution in [0.25, 0.3) is 6.08 Å². The summed E-state index contributed by atoms with van der Waals surface area (Å²) in [5, 5.41) is 13.9. The van der Waals surface area contributed by atoms with E-state index >= 15 is 0 Å². The number of methoxy groups -OCH3 is 1. The number of nitrogens with one attached hydrogen (secondary N) is 1. The summed E-state index contributed by atoms with van der Waals surface area (Å²) in [6.45, 7) is 0.106. The van der Waals surface area contributed by atoms with Gasteiger partial charge in [0, 0.05) is 11.6 Å². The van der Waals surface area contributed by atoms with Crippen LogP contribution in [0.3, 0.4) is 0 Å². The van der Waals surface area contributed by atoms with Crippen molar-refractivity contribution in [3.63, 3.8) is 0 Å². The predicted molar refractivity (Wildman–Crippen MR) is 83.5 cm³/mol. The Morgan fingerprint density at radius 1 is 1.52 bits per heavy atom. The van der Waals surface area contributed by atoms with Crippen molar-refractivity contribution in [1.29, 1.82) is 5.26 Å². The van der Waals surface area contributed by atoms with Crippen molar-refractivity contribution in [3.8, 4) is 23.3 Å². The molecule has 2 heterocycles. The Labute approximate surface area is 135 Å². The highest BCUT2D eigenvalue weighted by atomic mass is 32.1. The molecule has 7 nitrogen and oxygen atoms in total. The number of carbonyl (C=O) groups excluding carboxylic acids is 1. The first-order valence-corrected chi connectivity index (χ1v) is 7.39. The molecule has 3 rings (SSSR count). The van der Waals surface area contributed by atoms with Crippen LogP contribution in [0.5, 0.6) is 17.2 Å². The molecule has 1 aliphatic rings. The van der Waals surface area contributed by atoms with Gasteiger partial charge < -0.3 is 14.2 Å². The Kier molecular flexibility index (Phi) is 4.12. The van der Waals surface area contributed by atoms with Crippen LogP contribution in [0.4, 0.5) is 5.13 Å². The van der Waals surface area contributed by atoms with Crippen LogP contribution in [0.1, 0.15) is 5.56 Å².